The van der Waals surface area contributed by atoms with Crippen LogP contribution in [-0.4, -0.2) is 44.5 Å². The third kappa shape index (κ3) is 6.08. The van der Waals surface area contributed by atoms with Crippen LogP contribution in [0.4, 0.5) is 13.2 Å². The van der Waals surface area contributed by atoms with Gasteiger partial charge in [0.05, 0.1) is 6.10 Å². The highest BCUT2D eigenvalue weighted by molar-refractivity contribution is 5.73. The van der Waals surface area contributed by atoms with Crippen molar-refractivity contribution >= 4 is 17.5 Å². The van der Waals surface area contributed by atoms with Crippen molar-refractivity contribution in [3.63, 3.8) is 0 Å². The van der Waals surface area contributed by atoms with E-state index in [2.05, 4.69) is 43.1 Å². The van der Waals surface area contributed by atoms with E-state index in [1.54, 1.807) is 11.1 Å². The van der Waals surface area contributed by atoms with Gasteiger partial charge in [0.25, 0.3) is 5.97 Å². The highest BCUT2D eigenvalue weighted by Gasteiger charge is 2.56. The predicted molar refractivity (Wildman–Crippen MR) is 132 cm³/mol. The Kier molecular flexibility index (Phi) is 8.57. The number of carbonyl (C=O) groups is 2. The maximum Gasteiger partial charge on any atom is 0.490 e. The molecule has 1 heterocycles. The van der Waals surface area contributed by atoms with Crippen LogP contribution in [0.25, 0.3) is 5.57 Å². The summed E-state index contributed by atoms with van der Waals surface area (Å²) in [6.07, 6.45) is 11.9. The molecule has 0 radical (unpaired) electrons. The summed E-state index contributed by atoms with van der Waals surface area (Å²) in [5.41, 5.74) is 5.09. The molecule has 6 nitrogen and oxygen atoms in total. The van der Waals surface area contributed by atoms with Crippen molar-refractivity contribution in [2.24, 2.45) is 28.6 Å². The summed E-state index contributed by atoms with van der Waals surface area (Å²) in [7, 11) is 0. The van der Waals surface area contributed by atoms with E-state index in [4.69, 9.17) is 19.8 Å². The minimum Gasteiger partial charge on any atom is -0.481 e. The first-order valence-electron chi connectivity index (χ1n) is 12.7. The van der Waals surface area contributed by atoms with Crippen LogP contribution < -0.4 is 0 Å². The molecule has 1 aromatic rings. The zero-order valence-electron chi connectivity index (χ0n) is 21.5. The van der Waals surface area contributed by atoms with E-state index in [9.17, 15) is 18.3 Å². The predicted octanol–water partition coefficient (Wildman–Crippen LogP) is 6.12. The molecule has 5 rings (SSSR count). The fourth-order valence-corrected chi connectivity index (χ4v) is 7.18. The average molecular weight is 524 g/mol. The first-order chi connectivity index (χ1) is 17.2. The second-order valence-corrected chi connectivity index (χ2v) is 11.0. The van der Waals surface area contributed by atoms with E-state index in [-0.39, 0.29) is 6.10 Å². The normalized spacial score (nSPS) is 34.0. The molecule has 3 N–H and O–H groups in total. The van der Waals surface area contributed by atoms with E-state index < -0.39 is 18.1 Å². The lowest BCUT2D eigenvalue weighted by Crippen LogP contribution is -2.49. The summed E-state index contributed by atoms with van der Waals surface area (Å²) < 4.78 is 31.7. The summed E-state index contributed by atoms with van der Waals surface area (Å²) in [6, 6.07) is 4.31. The monoisotopic (exact) mass is 523 g/mol. The molecule has 0 amide bonds. The molecule has 4 aliphatic rings. The van der Waals surface area contributed by atoms with Crippen molar-refractivity contribution in [2.75, 3.05) is 0 Å². The van der Waals surface area contributed by atoms with Crippen molar-refractivity contribution in [3.8, 4) is 0 Å². The quantitative estimate of drug-likeness (QED) is 0.383. The van der Waals surface area contributed by atoms with Crippen LogP contribution in [0, 0.1) is 28.6 Å². The van der Waals surface area contributed by atoms with Gasteiger partial charge in [-0.15, -0.1) is 0 Å². The average Bonchev–Trinajstić information content (AvgIpc) is 3.17. The van der Waals surface area contributed by atoms with Gasteiger partial charge in [-0.3, -0.25) is 9.78 Å². The molecule has 9 heteroatoms. The lowest BCUT2D eigenvalue weighted by molar-refractivity contribution is -0.192. The molecule has 0 aromatic carbocycles. The Balaban J connectivity index is 0.000000294. The summed E-state index contributed by atoms with van der Waals surface area (Å²) in [4.78, 5) is 22.3. The topological polar surface area (TPSA) is 108 Å². The molecule has 4 aliphatic carbocycles. The van der Waals surface area contributed by atoms with Crippen LogP contribution in [0.2, 0.25) is 0 Å². The second kappa shape index (κ2) is 11.0. The van der Waals surface area contributed by atoms with E-state index in [0.717, 1.165) is 37.5 Å². The van der Waals surface area contributed by atoms with Crippen LogP contribution in [0.5, 0.6) is 0 Å². The molecule has 2 saturated carbocycles. The fraction of sp³-hybridized carbons (Fsp3) is 0.607. The van der Waals surface area contributed by atoms with E-state index >= 15 is 0 Å². The molecule has 204 valence electrons. The van der Waals surface area contributed by atoms with Gasteiger partial charge >= 0.3 is 12.1 Å². The number of aliphatic hydroxyl groups excluding tert-OH is 1. The lowest BCUT2D eigenvalue weighted by Gasteiger charge is -2.57. The Morgan fingerprint density at radius 1 is 1.03 bits per heavy atom. The van der Waals surface area contributed by atoms with E-state index in [0.29, 0.717) is 10.8 Å². The van der Waals surface area contributed by atoms with Gasteiger partial charge in [-0.25, -0.2) is 4.79 Å². The smallest absolute Gasteiger partial charge is 0.481 e. The van der Waals surface area contributed by atoms with Gasteiger partial charge in [0, 0.05) is 19.3 Å². The number of pyridine rings is 1. The number of aromatic nitrogens is 1. The van der Waals surface area contributed by atoms with Gasteiger partial charge in [-0.1, -0.05) is 37.6 Å². The highest BCUT2D eigenvalue weighted by atomic mass is 19.4. The van der Waals surface area contributed by atoms with Gasteiger partial charge in [-0.05, 0) is 90.7 Å². The van der Waals surface area contributed by atoms with Crippen molar-refractivity contribution in [3.05, 3.63) is 47.8 Å². The highest BCUT2D eigenvalue weighted by Crippen LogP contribution is 2.66. The van der Waals surface area contributed by atoms with Crippen molar-refractivity contribution in [2.45, 2.75) is 78.0 Å². The number of aliphatic carboxylic acids is 2. The minimum atomic E-state index is -5.08. The Morgan fingerprint density at radius 2 is 1.65 bits per heavy atom. The summed E-state index contributed by atoms with van der Waals surface area (Å²) in [5, 5.41) is 24.7. The maximum absolute atomic E-state index is 10.6. The van der Waals surface area contributed by atoms with Gasteiger partial charge in [0.1, 0.15) is 0 Å². The van der Waals surface area contributed by atoms with Crippen LogP contribution >= 0.6 is 0 Å². The molecule has 37 heavy (non-hydrogen) atoms. The Morgan fingerprint density at radius 3 is 2.22 bits per heavy atom. The number of allylic oxidation sites excluding steroid dienone is 3. The van der Waals surface area contributed by atoms with Crippen molar-refractivity contribution in [1.82, 2.24) is 4.98 Å². The molecule has 0 aliphatic heterocycles. The van der Waals surface area contributed by atoms with Gasteiger partial charge in [0.15, 0.2) is 0 Å². The number of carboxylic acid groups (broad SMARTS) is 2. The summed E-state index contributed by atoms with van der Waals surface area (Å²) >= 11 is 0. The largest absolute Gasteiger partial charge is 0.490 e. The molecule has 6 atom stereocenters. The zero-order valence-corrected chi connectivity index (χ0v) is 21.5. The molecular weight excluding hydrogens is 487 g/mol. The van der Waals surface area contributed by atoms with Crippen LogP contribution in [0.1, 0.15) is 71.3 Å². The number of hydrogen-bond donors (Lipinski definition) is 3. The third-order valence-corrected chi connectivity index (χ3v) is 8.87. The van der Waals surface area contributed by atoms with Gasteiger partial charge in [-0.2, -0.15) is 13.2 Å². The van der Waals surface area contributed by atoms with Crippen LogP contribution in [0.3, 0.4) is 0 Å². The van der Waals surface area contributed by atoms with Crippen LogP contribution in [0.15, 0.2) is 42.3 Å². The molecule has 0 spiro atoms. The number of alkyl halides is 3. The molecule has 0 saturated heterocycles. The number of halogens is 3. The number of carboxylic acids is 2. The number of aliphatic hydroxyl groups is 1. The zero-order chi connectivity index (χ0) is 27.6. The van der Waals surface area contributed by atoms with Gasteiger partial charge < -0.3 is 15.3 Å². The molecular formula is C28H36F3NO5. The fourth-order valence-electron chi connectivity index (χ4n) is 7.18. The Hall–Kier alpha value is -2.68. The van der Waals surface area contributed by atoms with Crippen molar-refractivity contribution < 1.29 is 38.1 Å². The summed E-state index contributed by atoms with van der Waals surface area (Å²) in [6.45, 7) is 6.11. The minimum absolute atomic E-state index is 0.106. The maximum atomic E-state index is 10.6. The Bertz CT molecular complexity index is 1050. The number of fused-ring (bicyclic) bond motifs is 5. The molecule has 0 bridgehead atoms. The first-order valence-corrected chi connectivity index (χ1v) is 12.7. The van der Waals surface area contributed by atoms with E-state index in [1.165, 1.54) is 37.7 Å². The standard InChI is InChI=1S/C24H31NO.C2HF3O2.C2H4O2/c1-23-11-9-18(26)14-17(23)5-6-19-21-8-7-20(16-4-3-13-25-15-16)24(21,2)12-10-22(19)23;3-2(4,5)1(6)7;1-2(3)4/h3-5,7,13,15,18-19,21-22,26H,6,8-12,14H2,1-2H3;(H,6,7);1H3,(H,3,4)/t18-,19-,21-,22-,23-,24+;;/m0../s1. The number of hydrogen-bond acceptors (Lipinski definition) is 4. The molecule has 2 fully saturated rings. The second-order valence-electron chi connectivity index (χ2n) is 11.0. The number of rotatable bonds is 1. The molecule has 1 aromatic heterocycles. The number of nitrogens with zero attached hydrogens (tertiary/aromatic N) is 1. The first kappa shape index (κ1) is 28.9. The van der Waals surface area contributed by atoms with Crippen molar-refractivity contribution in [1.29, 1.82) is 0 Å². The SMILES string of the molecule is CC(=O)O.C[C@]12CC[C@H](O)CC1=CC[C@@H]1[C@@H]2CC[C@]2(C)C(c3cccnc3)=CC[C@@H]12.O=C(O)C(F)(F)F. The van der Waals surface area contributed by atoms with Crippen LogP contribution in [-0.2, 0) is 9.59 Å². The van der Waals surface area contributed by atoms with Gasteiger partial charge in [0.2, 0.25) is 0 Å². The summed E-state index contributed by atoms with van der Waals surface area (Å²) in [5.74, 6) is -1.23. The molecule has 0 unspecified atom stereocenters. The Labute approximate surface area is 215 Å². The third-order valence-electron chi connectivity index (χ3n) is 8.87. The lowest BCUT2D eigenvalue weighted by atomic mass is 9.47. The van der Waals surface area contributed by atoms with E-state index in [1.807, 2.05) is 12.4 Å².